The van der Waals surface area contributed by atoms with Gasteiger partial charge in [0.1, 0.15) is 6.17 Å². The first kappa shape index (κ1) is 10.7. The maximum atomic E-state index is 12.6. The molecule has 0 aromatic carbocycles. The van der Waals surface area contributed by atoms with Gasteiger partial charge in [-0.25, -0.2) is 8.70 Å². The maximum absolute atomic E-state index is 12.6. The number of rotatable bonds is 3. The Kier molecular flexibility index (Phi) is 3.65. The molecule has 0 N–H and O–H groups in total. The summed E-state index contributed by atoms with van der Waals surface area (Å²) in [5, 5.41) is 0. The van der Waals surface area contributed by atoms with Crippen LogP contribution in [0.5, 0.6) is 0 Å². The third kappa shape index (κ3) is 2.59. The van der Waals surface area contributed by atoms with Gasteiger partial charge >= 0.3 is 0 Å². The first-order chi connectivity index (χ1) is 6.78. The second-order valence-electron chi connectivity index (χ2n) is 3.88. The van der Waals surface area contributed by atoms with Crippen LogP contribution in [0.4, 0.5) is 4.39 Å². The van der Waals surface area contributed by atoms with E-state index in [4.69, 9.17) is 4.74 Å². The summed E-state index contributed by atoms with van der Waals surface area (Å²) in [5.41, 5.74) is 0. The average molecular weight is 220 g/mol. The van der Waals surface area contributed by atoms with Crippen LogP contribution in [0.2, 0.25) is 0 Å². The van der Waals surface area contributed by atoms with Crippen molar-refractivity contribution < 1.29 is 9.13 Å². The number of hydrogen-bond acceptors (Lipinski definition) is 4. The summed E-state index contributed by atoms with van der Waals surface area (Å²) in [5.74, 6) is 0. The van der Waals surface area contributed by atoms with Crippen molar-refractivity contribution in [2.75, 3.05) is 45.6 Å². The summed E-state index contributed by atoms with van der Waals surface area (Å²) in [7, 11) is 0. The number of halogens is 1. The normalized spacial score (nSPS) is 31.7. The largest absolute Gasteiger partial charge is 0.374 e. The molecule has 82 valence electrons. The molecule has 3 nitrogen and oxygen atoms in total. The second-order valence-corrected chi connectivity index (χ2v) is 4.76. The minimum absolute atomic E-state index is 0.267. The van der Waals surface area contributed by atoms with E-state index in [9.17, 15) is 4.39 Å². The maximum Gasteiger partial charge on any atom is 0.125 e. The van der Waals surface area contributed by atoms with Gasteiger partial charge in [-0.05, 0) is 6.26 Å². The summed E-state index contributed by atoms with van der Waals surface area (Å²) in [6.45, 7) is 4.85. The molecule has 2 fully saturated rings. The van der Waals surface area contributed by atoms with Crippen molar-refractivity contribution in [1.82, 2.24) is 9.21 Å². The van der Waals surface area contributed by atoms with Gasteiger partial charge in [0.05, 0.1) is 12.7 Å². The molecule has 0 saturated carbocycles. The zero-order valence-corrected chi connectivity index (χ0v) is 9.30. The van der Waals surface area contributed by atoms with E-state index < -0.39 is 6.17 Å². The summed E-state index contributed by atoms with van der Waals surface area (Å²) in [6.07, 6.45) is 1.75. The van der Waals surface area contributed by atoms with Gasteiger partial charge in [-0.3, -0.25) is 4.90 Å². The van der Waals surface area contributed by atoms with Gasteiger partial charge in [0, 0.05) is 32.7 Å². The summed E-state index contributed by atoms with van der Waals surface area (Å²) in [6, 6.07) is 0. The third-order valence-corrected chi connectivity index (χ3v) is 3.58. The Balaban J connectivity index is 1.69. The van der Waals surface area contributed by atoms with Crippen LogP contribution in [-0.4, -0.2) is 67.1 Å². The van der Waals surface area contributed by atoms with E-state index in [2.05, 4.69) is 15.5 Å². The molecular weight excluding hydrogens is 203 g/mol. The summed E-state index contributed by atoms with van der Waals surface area (Å²) >= 11 is 1.76. The predicted molar refractivity (Wildman–Crippen MR) is 56.2 cm³/mol. The average Bonchev–Trinajstić information content (AvgIpc) is 2.16. The van der Waals surface area contributed by atoms with Crippen molar-refractivity contribution in [3.8, 4) is 0 Å². The molecule has 0 bridgehead atoms. The highest BCUT2D eigenvalue weighted by molar-refractivity contribution is 7.96. The van der Waals surface area contributed by atoms with Crippen LogP contribution in [0.25, 0.3) is 0 Å². The van der Waals surface area contributed by atoms with Gasteiger partial charge in [-0.2, -0.15) is 0 Å². The molecule has 0 unspecified atom stereocenters. The molecule has 0 aliphatic carbocycles. The molecule has 5 heteroatoms. The van der Waals surface area contributed by atoms with Crippen molar-refractivity contribution in [2.45, 2.75) is 12.3 Å². The van der Waals surface area contributed by atoms with Crippen molar-refractivity contribution >= 4 is 11.9 Å². The van der Waals surface area contributed by atoms with Crippen LogP contribution < -0.4 is 0 Å². The fraction of sp³-hybridized carbons (Fsp3) is 1.00. The molecule has 2 saturated heterocycles. The molecule has 0 aromatic heterocycles. The Morgan fingerprint density at radius 2 is 2.21 bits per heavy atom. The standard InChI is InChI=1S/C9H17FN2OS/c1-14-12-2-3-13-9(7-12)6-11-4-8(10)5-11/h8-9H,2-7H2,1H3/t9-/m0/s1. The van der Waals surface area contributed by atoms with Gasteiger partial charge in [0.25, 0.3) is 0 Å². The van der Waals surface area contributed by atoms with Gasteiger partial charge < -0.3 is 4.74 Å². The Labute approximate surface area is 88.7 Å². The molecule has 0 aromatic rings. The lowest BCUT2D eigenvalue weighted by Crippen LogP contribution is -2.54. The highest BCUT2D eigenvalue weighted by Crippen LogP contribution is 2.17. The van der Waals surface area contributed by atoms with Gasteiger partial charge in [0.15, 0.2) is 0 Å². The highest BCUT2D eigenvalue weighted by Gasteiger charge is 2.30. The second kappa shape index (κ2) is 4.79. The number of alkyl halides is 1. The summed E-state index contributed by atoms with van der Waals surface area (Å²) < 4.78 is 20.5. The number of nitrogens with zero attached hydrogens (tertiary/aromatic N) is 2. The molecule has 2 rings (SSSR count). The first-order valence-electron chi connectivity index (χ1n) is 5.05. The fourth-order valence-electron chi connectivity index (χ4n) is 1.91. The molecule has 0 radical (unpaired) electrons. The minimum Gasteiger partial charge on any atom is -0.374 e. The lowest BCUT2D eigenvalue weighted by Gasteiger charge is -2.39. The van der Waals surface area contributed by atoms with Crippen LogP contribution in [0.1, 0.15) is 0 Å². The zero-order valence-electron chi connectivity index (χ0n) is 8.49. The van der Waals surface area contributed by atoms with E-state index in [0.29, 0.717) is 13.1 Å². The van der Waals surface area contributed by atoms with Gasteiger partial charge in [-0.1, -0.05) is 11.9 Å². The SMILES string of the molecule is CSN1CCO[C@@H](CN2CC(F)C2)C1. The van der Waals surface area contributed by atoms with Gasteiger partial charge in [-0.15, -0.1) is 0 Å². The Morgan fingerprint density at radius 3 is 2.86 bits per heavy atom. The smallest absolute Gasteiger partial charge is 0.125 e. The molecule has 2 aliphatic heterocycles. The van der Waals surface area contributed by atoms with Crippen LogP contribution in [0, 0.1) is 0 Å². The number of hydrogen-bond donors (Lipinski definition) is 0. The molecule has 0 amide bonds. The monoisotopic (exact) mass is 220 g/mol. The molecule has 14 heavy (non-hydrogen) atoms. The third-order valence-electron chi connectivity index (χ3n) is 2.73. The Hall–Kier alpha value is 0.160. The van der Waals surface area contributed by atoms with Gasteiger partial charge in [0.2, 0.25) is 0 Å². The van der Waals surface area contributed by atoms with Crippen LogP contribution in [-0.2, 0) is 4.74 Å². The van der Waals surface area contributed by atoms with Crippen molar-refractivity contribution in [3.63, 3.8) is 0 Å². The van der Waals surface area contributed by atoms with E-state index in [1.807, 2.05) is 0 Å². The zero-order chi connectivity index (χ0) is 9.97. The van der Waals surface area contributed by atoms with Crippen LogP contribution >= 0.6 is 11.9 Å². The predicted octanol–water partition coefficient (Wildman–Crippen LogP) is 0.619. The van der Waals surface area contributed by atoms with Crippen LogP contribution in [0.15, 0.2) is 0 Å². The van der Waals surface area contributed by atoms with E-state index in [1.165, 1.54) is 0 Å². The van der Waals surface area contributed by atoms with Crippen molar-refractivity contribution in [2.24, 2.45) is 0 Å². The summed E-state index contributed by atoms with van der Waals surface area (Å²) in [4.78, 5) is 2.12. The minimum atomic E-state index is -0.602. The van der Waals surface area contributed by atoms with E-state index in [0.717, 1.165) is 26.2 Å². The fourth-order valence-corrected chi connectivity index (χ4v) is 2.48. The molecule has 2 aliphatic rings. The lowest BCUT2D eigenvalue weighted by molar-refractivity contribution is -0.0425. The van der Waals surface area contributed by atoms with E-state index in [1.54, 1.807) is 11.9 Å². The molecular formula is C9H17FN2OS. The topological polar surface area (TPSA) is 15.7 Å². The first-order valence-corrected chi connectivity index (χ1v) is 6.23. The molecule has 2 heterocycles. The molecule has 1 atom stereocenters. The van der Waals surface area contributed by atoms with E-state index in [-0.39, 0.29) is 6.10 Å². The Morgan fingerprint density at radius 1 is 1.43 bits per heavy atom. The highest BCUT2D eigenvalue weighted by atomic mass is 32.2. The van der Waals surface area contributed by atoms with Crippen LogP contribution in [0.3, 0.4) is 0 Å². The van der Waals surface area contributed by atoms with E-state index >= 15 is 0 Å². The number of ether oxygens (including phenoxy) is 1. The number of morpholine rings is 1. The quantitative estimate of drug-likeness (QED) is 0.648. The molecule has 0 spiro atoms. The number of likely N-dealkylation sites (tertiary alicyclic amines) is 1. The Bertz CT molecular complexity index is 190. The van der Waals surface area contributed by atoms with Crippen molar-refractivity contribution in [1.29, 1.82) is 0 Å². The van der Waals surface area contributed by atoms with Crippen molar-refractivity contribution in [3.05, 3.63) is 0 Å². The lowest BCUT2D eigenvalue weighted by atomic mass is 10.1.